The molecule has 0 saturated heterocycles. The van der Waals surface area contributed by atoms with Gasteiger partial charge >= 0.3 is 5.97 Å². The molecular formula is C16H15ClN2O4. The predicted molar refractivity (Wildman–Crippen MR) is 85.2 cm³/mol. The number of hydrogen-bond acceptors (Lipinski definition) is 3. The normalized spacial score (nSPS) is 10.4. The highest BCUT2D eigenvalue weighted by Crippen LogP contribution is 2.14. The molecule has 0 saturated carbocycles. The van der Waals surface area contributed by atoms with Crippen molar-refractivity contribution in [3.05, 3.63) is 58.4 Å². The van der Waals surface area contributed by atoms with Gasteiger partial charge in [0.15, 0.2) is 5.78 Å². The van der Waals surface area contributed by atoms with Crippen molar-refractivity contribution in [3.8, 4) is 0 Å². The summed E-state index contributed by atoms with van der Waals surface area (Å²) < 4.78 is 1.26. The number of carboxylic acid groups (broad SMARTS) is 1. The lowest BCUT2D eigenvalue weighted by atomic mass is 10.1. The van der Waals surface area contributed by atoms with E-state index in [1.54, 1.807) is 38.4 Å². The summed E-state index contributed by atoms with van der Waals surface area (Å²) in [5.74, 6) is -1.81. The molecule has 0 spiro atoms. The molecule has 0 unspecified atom stereocenters. The van der Waals surface area contributed by atoms with Gasteiger partial charge in [0.25, 0.3) is 5.91 Å². The molecule has 0 atom stereocenters. The first-order chi connectivity index (χ1) is 10.8. The van der Waals surface area contributed by atoms with Crippen LogP contribution in [0.5, 0.6) is 0 Å². The van der Waals surface area contributed by atoms with Crippen LogP contribution in [0.3, 0.4) is 0 Å². The highest BCUT2D eigenvalue weighted by atomic mass is 35.5. The Morgan fingerprint density at radius 1 is 1.13 bits per heavy atom. The number of aromatic nitrogens is 1. The smallest absolute Gasteiger partial charge is 0.352 e. The van der Waals surface area contributed by atoms with Gasteiger partial charge in [-0.1, -0.05) is 11.6 Å². The molecule has 0 aliphatic carbocycles. The number of amides is 1. The molecule has 2 rings (SSSR count). The van der Waals surface area contributed by atoms with Crippen LogP contribution in [0.15, 0.2) is 36.5 Å². The van der Waals surface area contributed by atoms with E-state index in [0.29, 0.717) is 10.6 Å². The van der Waals surface area contributed by atoms with Crippen LogP contribution in [0.2, 0.25) is 5.02 Å². The third-order valence-electron chi connectivity index (χ3n) is 3.25. The Hall–Kier alpha value is -2.60. The number of carbonyl (C=O) groups excluding carboxylic acids is 2. The minimum Gasteiger partial charge on any atom is -0.477 e. The predicted octanol–water partition coefficient (Wildman–Crippen LogP) is 2.42. The van der Waals surface area contributed by atoms with Crippen molar-refractivity contribution in [2.45, 2.75) is 6.54 Å². The van der Waals surface area contributed by atoms with Gasteiger partial charge in [0.05, 0.1) is 12.1 Å². The van der Waals surface area contributed by atoms with Crippen LogP contribution >= 0.6 is 11.6 Å². The van der Waals surface area contributed by atoms with Crippen LogP contribution in [0.4, 0.5) is 0 Å². The summed E-state index contributed by atoms with van der Waals surface area (Å²) in [5.41, 5.74) is 0.522. The monoisotopic (exact) mass is 334 g/mol. The molecule has 120 valence electrons. The maximum Gasteiger partial charge on any atom is 0.352 e. The van der Waals surface area contributed by atoms with Crippen LogP contribution in [-0.4, -0.2) is 46.3 Å². The fourth-order valence-electron chi connectivity index (χ4n) is 2.08. The summed E-state index contributed by atoms with van der Waals surface area (Å²) in [6, 6.07) is 7.58. The van der Waals surface area contributed by atoms with Crippen molar-refractivity contribution in [2.75, 3.05) is 14.1 Å². The number of nitrogens with zero attached hydrogens (tertiary/aromatic N) is 2. The number of carbonyl (C=O) groups is 3. The average Bonchev–Trinajstić information content (AvgIpc) is 2.90. The lowest BCUT2D eigenvalue weighted by Crippen LogP contribution is -2.21. The summed E-state index contributed by atoms with van der Waals surface area (Å²) in [5, 5.41) is 9.75. The van der Waals surface area contributed by atoms with E-state index < -0.39 is 5.97 Å². The number of hydrogen-bond donors (Lipinski definition) is 1. The fourth-order valence-corrected chi connectivity index (χ4v) is 2.20. The van der Waals surface area contributed by atoms with Gasteiger partial charge in [-0.05, 0) is 30.3 Å². The summed E-state index contributed by atoms with van der Waals surface area (Å²) in [6.45, 7) is -0.177. The number of aromatic carboxylic acids is 1. The van der Waals surface area contributed by atoms with Gasteiger partial charge in [-0.2, -0.15) is 0 Å². The molecular weight excluding hydrogens is 320 g/mol. The first-order valence-corrected chi connectivity index (χ1v) is 7.11. The van der Waals surface area contributed by atoms with E-state index in [4.69, 9.17) is 11.6 Å². The average molecular weight is 335 g/mol. The van der Waals surface area contributed by atoms with Gasteiger partial charge in [-0.25, -0.2) is 4.79 Å². The summed E-state index contributed by atoms with van der Waals surface area (Å²) in [7, 11) is 3.14. The topological polar surface area (TPSA) is 79.6 Å². The zero-order chi connectivity index (χ0) is 17.1. The molecule has 1 amide bonds. The summed E-state index contributed by atoms with van der Waals surface area (Å²) in [4.78, 5) is 36.9. The molecule has 7 heteroatoms. The Kier molecular flexibility index (Phi) is 4.86. The molecule has 0 aliphatic rings. The lowest BCUT2D eigenvalue weighted by molar-refractivity contribution is 0.0685. The fraction of sp³-hybridized carbons (Fsp3) is 0.188. The van der Waals surface area contributed by atoms with Crippen LogP contribution in [0.1, 0.15) is 31.2 Å². The first-order valence-electron chi connectivity index (χ1n) is 6.73. The van der Waals surface area contributed by atoms with Gasteiger partial charge in [0.2, 0.25) is 0 Å². The number of halogens is 1. The standard InChI is InChI=1S/C16H15ClN2O4/c1-18(2)15(21)11-7-13(16(22)23)19(8-11)9-14(20)10-3-5-12(17)6-4-10/h3-8H,9H2,1-2H3,(H,22,23). The zero-order valence-corrected chi connectivity index (χ0v) is 13.4. The van der Waals surface area contributed by atoms with E-state index in [9.17, 15) is 19.5 Å². The van der Waals surface area contributed by atoms with E-state index in [-0.39, 0.29) is 29.5 Å². The van der Waals surface area contributed by atoms with Crippen molar-refractivity contribution in [1.82, 2.24) is 9.47 Å². The second kappa shape index (κ2) is 6.66. The lowest BCUT2D eigenvalue weighted by Gasteiger charge is -2.08. The minimum atomic E-state index is -1.20. The Morgan fingerprint density at radius 3 is 2.26 bits per heavy atom. The third-order valence-corrected chi connectivity index (χ3v) is 3.50. The van der Waals surface area contributed by atoms with Crippen molar-refractivity contribution in [2.24, 2.45) is 0 Å². The largest absolute Gasteiger partial charge is 0.477 e. The highest BCUT2D eigenvalue weighted by molar-refractivity contribution is 6.30. The Labute approximate surface area is 137 Å². The number of benzene rings is 1. The molecule has 0 bridgehead atoms. The SMILES string of the molecule is CN(C)C(=O)c1cc(C(=O)O)n(CC(=O)c2ccc(Cl)cc2)c1. The molecule has 1 aromatic heterocycles. The maximum absolute atomic E-state index is 12.3. The number of Topliss-reactive ketones (excluding diaryl/α,β-unsaturated/α-hetero) is 1. The summed E-state index contributed by atoms with van der Waals surface area (Å²) in [6.07, 6.45) is 1.37. The molecule has 2 aromatic rings. The van der Waals surface area contributed by atoms with E-state index in [1.807, 2.05) is 0 Å². The summed E-state index contributed by atoms with van der Waals surface area (Å²) >= 11 is 5.77. The molecule has 6 nitrogen and oxygen atoms in total. The molecule has 1 N–H and O–H groups in total. The molecule has 1 heterocycles. The van der Waals surface area contributed by atoms with Crippen molar-refractivity contribution < 1.29 is 19.5 Å². The Balaban J connectivity index is 2.31. The first kappa shape index (κ1) is 16.8. The van der Waals surface area contributed by atoms with E-state index in [0.717, 1.165) is 0 Å². The molecule has 1 aromatic carbocycles. The van der Waals surface area contributed by atoms with Crippen LogP contribution in [0.25, 0.3) is 0 Å². The second-order valence-corrected chi connectivity index (χ2v) is 5.61. The number of rotatable bonds is 5. The number of ketones is 1. The minimum absolute atomic E-state index is 0.113. The van der Waals surface area contributed by atoms with Gasteiger partial charge in [0.1, 0.15) is 5.69 Å². The van der Waals surface area contributed by atoms with E-state index in [2.05, 4.69) is 0 Å². The van der Waals surface area contributed by atoms with Gasteiger partial charge < -0.3 is 14.6 Å². The Bertz CT molecular complexity index is 763. The van der Waals surface area contributed by atoms with Crippen LogP contribution < -0.4 is 0 Å². The molecule has 23 heavy (non-hydrogen) atoms. The van der Waals surface area contributed by atoms with E-state index in [1.165, 1.54) is 21.7 Å². The zero-order valence-electron chi connectivity index (χ0n) is 12.6. The van der Waals surface area contributed by atoms with Crippen molar-refractivity contribution >= 4 is 29.3 Å². The molecule has 0 fully saturated rings. The second-order valence-electron chi connectivity index (χ2n) is 5.18. The highest BCUT2D eigenvalue weighted by Gasteiger charge is 2.19. The third kappa shape index (κ3) is 3.78. The van der Waals surface area contributed by atoms with Crippen LogP contribution in [-0.2, 0) is 6.54 Å². The maximum atomic E-state index is 12.3. The van der Waals surface area contributed by atoms with Gasteiger partial charge in [-0.15, -0.1) is 0 Å². The van der Waals surface area contributed by atoms with Gasteiger partial charge in [0, 0.05) is 30.9 Å². The van der Waals surface area contributed by atoms with E-state index >= 15 is 0 Å². The van der Waals surface area contributed by atoms with Crippen molar-refractivity contribution in [1.29, 1.82) is 0 Å². The molecule has 0 radical (unpaired) electrons. The Morgan fingerprint density at radius 2 is 1.74 bits per heavy atom. The van der Waals surface area contributed by atoms with Crippen molar-refractivity contribution in [3.63, 3.8) is 0 Å². The molecule has 0 aliphatic heterocycles. The number of carboxylic acids is 1. The quantitative estimate of drug-likeness (QED) is 0.852. The van der Waals surface area contributed by atoms with Crippen LogP contribution in [0, 0.1) is 0 Å². The van der Waals surface area contributed by atoms with Gasteiger partial charge in [-0.3, -0.25) is 9.59 Å².